The van der Waals surface area contributed by atoms with Gasteiger partial charge in [-0.3, -0.25) is 9.69 Å². The summed E-state index contributed by atoms with van der Waals surface area (Å²) in [5.41, 5.74) is 17.9. The van der Waals surface area contributed by atoms with Crippen molar-refractivity contribution >= 4 is 23.0 Å². The van der Waals surface area contributed by atoms with Gasteiger partial charge in [0.15, 0.2) is 0 Å². The highest BCUT2D eigenvalue weighted by Crippen LogP contribution is 2.53. The van der Waals surface area contributed by atoms with E-state index in [2.05, 4.69) is 31.0 Å². The molecule has 0 unspecified atom stereocenters. The normalized spacial score (nSPS) is 15.0. The van der Waals surface area contributed by atoms with E-state index < -0.39 is 0 Å². The van der Waals surface area contributed by atoms with Crippen LogP contribution >= 0.6 is 0 Å². The summed E-state index contributed by atoms with van der Waals surface area (Å²) in [5.74, 6) is 0.739. The van der Waals surface area contributed by atoms with E-state index in [1.165, 1.54) is 25.7 Å². The van der Waals surface area contributed by atoms with Crippen LogP contribution in [0.1, 0.15) is 79.1 Å². The first-order chi connectivity index (χ1) is 17.5. The standard InChI is InChI=1S/C20H29N3O.C9H11NO.C2H6/c1-5-16-12-14(2)13-17(18(16)21)19(24)22(4)15(3)23-10-8-20(6-7-20)9-11-23;1-6-3-4-9(10)8(5-6)7(2)11;1-2/h12-13H,3,5-11,21H2,1-2,4H3;3-5,11H,2,10H2,1H3;1-2H3. The van der Waals surface area contributed by atoms with Gasteiger partial charge in [0.1, 0.15) is 11.6 Å². The van der Waals surface area contributed by atoms with E-state index in [0.717, 1.165) is 42.0 Å². The summed E-state index contributed by atoms with van der Waals surface area (Å²) in [6.07, 6.45) is 6.03. The minimum absolute atomic E-state index is 0.0196. The SMILES string of the molecule is C=C(N1CCC2(CC1)CC2)N(C)C(=O)c1cc(C)cc(CC)c1N.C=C(O)c1cc(C)ccc1N.CC. The molecule has 0 radical (unpaired) electrons. The third-order valence-corrected chi connectivity index (χ3v) is 7.38. The Hall–Kier alpha value is -3.41. The first-order valence-electron chi connectivity index (χ1n) is 13.3. The van der Waals surface area contributed by atoms with Gasteiger partial charge in [0.2, 0.25) is 0 Å². The first kappa shape index (κ1) is 29.8. The van der Waals surface area contributed by atoms with Crippen molar-refractivity contribution in [2.24, 2.45) is 5.41 Å². The number of rotatable bonds is 5. The number of aliphatic hydroxyl groups is 1. The minimum atomic E-state index is -0.0670. The van der Waals surface area contributed by atoms with E-state index >= 15 is 0 Å². The van der Waals surface area contributed by atoms with E-state index in [0.29, 0.717) is 27.9 Å². The van der Waals surface area contributed by atoms with Crippen molar-refractivity contribution in [1.29, 1.82) is 0 Å². The van der Waals surface area contributed by atoms with Crippen molar-refractivity contribution in [2.75, 3.05) is 31.6 Å². The number of anilines is 2. The van der Waals surface area contributed by atoms with Crippen LogP contribution in [0.25, 0.3) is 5.76 Å². The molecule has 0 atom stereocenters. The first-order valence-corrected chi connectivity index (χ1v) is 13.3. The van der Waals surface area contributed by atoms with Gasteiger partial charge in [-0.2, -0.15) is 0 Å². The molecule has 6 nitrogen and oxygen atoms in total. The number of nitrogens with two attached hydrogens (primary N) is 2. The van der Waals surface area contributed by atoms with Crippen LogP contribution in [0.15, 0.2) is 49.3 Å². The van der Waals surface area contributed by atoms with E-state index in [9.17, 15) is 4.79 Å². The maximum atomic E-state index is 13.0. The molecule has 37 heavy (non-hydrogen) atoms. The Labute approximate surface area is 223 Å². The minimum Gasteiger partial charge on any atom is -0.508 e. The largest absolute Gasteiger partial charge is 0.508 e. The second-order valence-corrected chi connectivity index (χ2v) is 10.0. The number of piperidine rings is 1. The fraction of sp³-hybridized carbons (Fsp3) is 0.452. The van der Waals surface area contributed by atoms with Gasteiger partial charge in [0, 0.05) is 37.1 Å². The van der Waals surface area contributed by atoms with Crippen LogP contribution in [0.3, 0.4) is 0 Å². The summed E-state index contributed by atoms with van der Waals surface area (Å²) in [6.45, 7) is 19.6. The average molecular weight is 507 g/mol. The Kier molecular flexibility index (Phi) is 10.2. The number of hydrogen-bond donors (Lipinski definition) is 3. The molecule has 2 aromatic carbocycles. The van der Waals surface area contributed by atoms with Crippen LogP contribution in [0.5, 0.6) is 0 Å². The lowest BCUT2D eigenvalue weighted by Gasteiger charge is -2.37. The number of carbonyl (C=O) groups is 1. The fourth-order valence-corrected chi connectivity index (χ4v) is 4.69. The van der Waals surface area contributed by atoms with Crippen molar-refractivity contribution in [3.8, 4) is 0 Å². The molecule has 1 aliphatic heterocycles. The smallest absolute Gasteiger partial charge is 0.261 e. The third-order valence-electron chi connectivity index (χ3n) is 7.38. The summed E-state index contributed by atoms with van der Waals surface area (Å²) in [7, 11) is 1.81. The number of aryl methyl sites for hydroxylation is 3. The highest BCUT2D eigenvalue weighted by Gasteiger charge is 2.44. The lowest BCUT2D eigenvalue weighted by Crippen LogP contribution is -2.41. The number of aliphatic hydroxyl groups excluding tert-OH is 1. The molecular formula is C31H46N4O2. The second-order valence-electron chi connectivity index (χ2n) is 10.0. The molecule has 1 heterocycles. The van der Waals surface area contributed by atoms with Crippen molar-refractivity contribution in [1.82, 2.24) is 9.80 Å². The van der Waals surface area contributed by atoms with Crippen molar-refractivity contribution in [3.05, 3.63) is 77.1 Å². The summed E-state index contributed by atoms with van der Waals surface area (Å²) in [5, 5.41) is 9.05. The molecule has 0 aromatic heterocycles. The molecule has 1 aliphatic carbocycles. The van der Waals surface area contributed by atoms with Crippen LogP contribution in [0, 0.1) is 19.3 Å². The predicted molar refractivity (Wildman–Crippen MR) is 157 cm³/mol. The van der Waals surface area contributed by atoms with Gasteiger partial charge in [-0.15, -0.1) is 0 Å². The molecule has 6 heteroatoms. The van der Waals surface area contributed by atoms with Crippen LogP contribution in [-0.2, 0) is 6.42 Å². The molecule has 2 aromatic rings. The van der Waals surface area contributed by atoms with Gasteiger partial charge in [-0.25, -0.2) is 0 Å². The number of nitrogens with zero attached hydrogens (tertiary/aromatic N) is 2. The van der Waals surface area contributed by atoms with Crippen LogP contribution in [0.2, 0.25) is 0 Å². The Morgan fingerprint density at radius 2 is 1.57 bits per heavy atom. The number of carbonyl (C=O) groups excluding carboxylic acids is 1. The van der Waals surface area contributed by atoms with Gasteiger partial charge in [0.05, 0.1) is 5.56 Å². The fourth-order valence-electron chi connectivity index (χ4n) is 4.69. The average Bonchev–Trinajstić information content (AvgIpc) is 3.65. The molecular weight excluding hydrogens is 460 g/mol. The van der Waals surface area contributed by atoms with Crippen LogP contribution < -0.4 is 11.5 Å². The van der Waals surface area contributed by atoms with E-state index in [4.69, 9.17) is 16.6 Å². The molecule has 0 bridgehead atoms. The highest BCUT2D eigenvalue weighted by molar-refractivity contribution is 6.00. The number of nitrogen functional groups attached to an aromatic ring is 2. The van der Waals surface area contributed by atoms with Crippen molar-refractivity contribution in [2.45, 2.75) is 66.7 Å². The number of benzene rings is 2. The summed E-state index contributed by atoms with van der Waals surface area (Å²) in [6, 6.07) is 9.39. The van der Waals surface area contributed by atoms with E-state index in [1.54, 1.807) is 24.1 Å². The van der Waals surface area contributed by atoms with Gasteiger partial charge >= 0.3 is 0 Å². The van der Waals surface area contributed by atoms with Crippen molar-refractivity contribution in [3.63, 3.8) is 0 Å². The number of hydrogen-bond acceptors (Lipinski definition) is 5. The molecule has 1 spiro atoms. The Morgan fingerprint density at radius 1 is 1.00 bits per heavy atom. The van der Waals surface area contributed by atoms with E-state index in [1.807, 2.05) is 39.8 Å². The Morgan fingerprint density at radius 3 is 2.05 bits per heavy atom. The van der Waals surface area contributed by atoms with Crippen molar-refractivity contribution < 1.29 is 9.90 Å². The molecule has 2 aliphatic rings. The summed E-state index contributed by atoms with van der Waals surface area (Å²) >= 11 is 0. The van der Waals surface area contributed by atoms with Crippen LogP contribution in [-0.4, -0.2) is 41.0 Å². The molecule has 1 amide bonds. The van der Waals surface area contributed by atoms with Gasteiger partial charge in [0.25, 0.3) is 5.91 Å². The zero-order valence-electron chi connectivity index (χ0n) is 23.7. The predicted octanol–water partition coefficient (Wildman–Crippen LogP) is 6.69. The number of likely N-dealkylation sites (tertiary alicyclic amines) is 1. The molecule has 5 N–H and O–H groups in total. The lowest BCUT2D eigenvalue weighted by atomic mass is 9.94. The van der Waals surface area contributed by atoms with E-state index in [-0.39, 0.29) is 11.7 Å². The maximum absolute atomic E-state index is 13.0. The zero-order valence-corrected chi connectivity index (χ0v) is 23.7. The Bertz CT molecular complexity index is 1120. The van der Waals surface area contributed by atoms with Crippen LogP contribution in [0.4, 0.5) is 11.4 Å². The Balaban J connectivity index is 0.000000311. The van der Waals surface area contributed by atoms with Gasteiger partial charge in [-0.05, 0) is 80.7 Å². The second kappa shape index (κ2) is 12.7. The molecule has 2 fully saturated rings. The lowest BCUT2D eigenvalue weighted by molar-refractivity contribution is 0.0765. The van der Waals surface area contributed by atoms with Gasteiger partial charge in [-0.1, -0.05) is 51.6 Å². The monoisotopic (exact) mass is 506 g/mol. The maximum Gasteiger partial charge on any atom is 0.261 e. The molecule has 4 rings (SSSR count). The highest BCUT2D eigenvalue weighted by atomic mass is 16.3. The summed E-state index contributed by atoms with van der Waals surface area (Å²) in [4.78, 5) is 16.9. The topological polar surface area (TPSA) is 95.8 Å². The summed E-state index contributed by atoms with van der Waals surface area (Å²) < 4.78 is 0. The molecule has 1 saturated heterocycles. The quantitative estimate of drug-likeness (QED) is 0.310. The number of amides is 1. The molecule has 202 valence electrons. The zero-order chi connectivity index (χ0) is 27.9. The van der Waals surface area contributed by atoms with Gasteiger partial charge < -0.3 is 21.5 Å². The molecule has 1 saturated carbocycles. The third kappa shape index (κ3) is 7.31.